The number of nitrogens with one attached hydrogen (secondary N) is 1. The Morgan fingerprint density at radius 1 is 1.18 bits per heavy atom. The fourth-order valence-corrected chi connectivity index (χ4v) is 4.80. The normalized spacial score (nSPS) is 24.0. The van der Waals surface area contributed by atoms with Crippen LogP contribution < -0.4 is 10.1 Å². The van der Waals surface area contributed by atoms with Crippen molar-refractivity contribution in [3.8, 4) is 6.08 Å². The first-order chi connectivity index (χ1) is 16.2. The van der Waals surface area contributed by atoms with Gasteiger partial charge in [0.05, 0.1) is 23.8 Å². The maximum Gasteiger partial charge on any atom is 0.522 e. The van der Waals surface area contributed by atoms with Crippen LogP contribution in [0.4, 0.5) is 13.2 Å². The molecule has 5 rings (SSSR count). The molecule has 1 aromatic carbocycles. The van der Waals surface area contributed by atoms with Gasteiger partial charge >= 0.3 is 12.4 Å². The minimum atomic E-state index is -4.70. The van der Waals surface area contributed by atoms with Gasteiger partial charge in [0, 0.05) is 12.0 Å². The van der Waals surface area contributed by atoms with Gasteiger partial charge in [-0.1, -0.05) is 11.2 Å². The minimum absolute atomic E-state index is 0.0687. The first kappa shape index (κ1) is 22.5. The van der Waals surface area contributed by atoms with E-state index in [0.29, 0.717) is 17.1 Å². The highest BCUT2D eigenvalue weighted by atomic mass is 19.4. The van der Waals surface area contributed by atoms with E-state index in [1.54, 1.807) is 0 Å². The monoisotopic (exact) mass is 477 g/mol. The molecule has 1 amide bonds. The number of hydrogen-bond acceptors (Lipinski definition) is 8. The van der Waals surface area contributed by atoms with E-state index in [4.69, 9.17) is 9.15 Å². The van der Waals surface area contributed by atoms with Crippen LogP contribution in [-0.4, -0.2) is 51.7 Å². The van der Waals surface area contributed by atoms with Crippen molar-refractivity contribution in [2.24, 2.45) is 5.41 Å². The Kier molecular flexibility index (Phi) is 5.62. The molecule has 0 bridgehead atoms. The Hall–Kier alpha value is -3.28. The van der Waals surface area contributed by atoms with E-state index in [1.165, 1.54) is 6.20 Å². The van der Waals surface area contributed by atoms with Crippen LogP contribution >= 0.6 is 0 Å². The van der Waals surface area contributed by atoms with Gasteiger partial charge < -0.3 is 14.5 Å². The molecule has 0 unspecified atom stereocenters. The molecule has 0 atom stereocenters. The third-order valence-corrected chi connectivity index (χ3v) is 6.33. The van der Waals surface area contributed by atoms with E-state index in [2.05, 4.69) is 30.2 Å². The van der Waals surface area contributed by atoms with Crippen LogP contribution in [0.3, 0.4) is 0 Å². The molecule has 180 valence electrons. The molecule has 3 aromatic rings. The van der Waals surface area contributed by atoms with Crippen molar-refractivity contribution in [3.63, 3.8) is 0 Å². The number of carbonyl (C=O) groups is 1. The van der Waals surface area contributed by atoms with Gasteiger partial charge in [0.1, 0.15) is 12.3 Å². The van der Waals surface area contributed by atoms with Crippen LogP contribution in [0.15, 0.2) is 28.8 Å². The standard InChI is InChI=1S/C22H22F3N5O4/c1-12-2-3-15-16(6-12)26-11-17(28-15)18(31)27-14-9-21(10-14)7-13(8-21)19-29-30-20(34-19)32-4-5-33-22(23,24)25/h2-3,6,11,13-14H,4-5,7-10H2,1H3,(H,27,31). The number of carbonyl (C=O) groups excluding carboxylic acids is 1. The van der Waals surface area contributed by atoms with Crippen LogP contribution in [0, 0.1) is 12.3 Å². The number of aryl methyl sites for hydroxylation is 1. The second kappa shape index (κ2) is 8.49. The highest BCUT2D eigenvalue weighted by Crippen LogP contribution is 2.61. The molecule has 12 heteroatoms. The molecular weight excluding hydrogens is 455 g/mol. The first-order valence-corrected chi connectivity index (χ1v) is 10.9. The number of hydrogen-bond donors (Lipinski definition) is 1. The third kappa shape index (κ3) is 4.81. The van der Waals surface area contributed by atoms with Gasteiger partial charge in [-0.3, -0.25) is 14.5 Å². The van der Waals surface area contributed by atoms with Crippen molar-refractivity contribution < 1.29 is 31.9 Å². The maximum absolute atomic E-state index is 12.6. The topological polar surface area (TPSA) is 112 Å². The fraction of sp³-hybridized carbons (Fsp3) is 0.500. The maximum atomic E-state index is 12.6. The molecule has 34 heavy (non-hydrogen) atoms. The van der Waals surface area contributed by atoms with E-state index in [0.717, 1.165) is 36.8 Å². The zero-order chi connectivity index (χ0) is 23.9. The number of alkyl halides is 3. The molecular formula is C22H22F3N5O4. The van der Waals surface area contributed by atoms with Crippen LogP contribution in [-0.2, 0) is 4.74 Å². The number of rotatable bonds is 7. The highest BCUT2D eigenvalue weighted by molar-refractivity contribution is 5.94. The molecule has 1 N–H and O–H groups in total. The lowest BCUT2D eigenvalue weighted by molar-refractivity contribution is -0.325. The summed E-state index contributed by atoms with van der Waals surface area (Å²) in [5, 5.41) is 10.7. The van der Waals surface area contributed by atoms with Crippen molar-refractivity contribution >= 4 is 16.9 Å². The summed E-state index contributed by atoms with van der Waals surface area (Å²) in [6.07, 6.45) is -0.00206. The Morgan fingerprint density at radius 3 is 2.74 bits per heavy atom. The molecule has 0 aliphatic heterocycles. The van der Waals surface area contributed by atoms with E-state index >= 15 is 0 Å². The van der Waals surface area contributed by atoms with Crippen molar-refractivity contribution in [1.82, 2.24) is 25.5 Å². The predicted molar refractivity (Wildman–Crippen MR) is 111 cm³/mol. The summed E-state index contributed by atoms with van der Waals surface area (Å²) in [6.45, 7) is 0.965. The largest absolute Gasteiger partial charge is 0.522 e. The number of fused-ring (bicyclic) bond motifs is 1. The second-order valence-electron chi connectivity index (χ2n) is 8.98. The molecule has 2 aliphatic carbocycles. The Bertz CT molecular complexity index is 1200. The van der Waals surface area contributed by atoms with Gasteiger partial charge in [-0.2, -0.15) is 0 Å². The Balaban J connectivity index is 1.07. The number of nitrogens with zero attached hydrogens (tertiary/aromatic N) is 4. The lowest BCUT2D eigenvalue weighted by atomic mass is 9.50. The van der Waals surface area contributed by atoms with Gasteiger partial charge in [-0.15, -0.1) is 18.3 Å². The van der Waals surface area contributed by atoms with Crippen molar-refractivity contribution in [2.75, 3.05) is 13.2 Å². The lowest BCUT2D eigenvalue weighted by Gasteiger charge is -2.56. The number of aromatic nitrogens is 4. The summed E-state index contributed by atoms with van der Waals surface area (Å²) in [6, 6.07) is 5.78. The van der Waals surface area contributed by atoms with Gasteiger partial charge in [-0.25, -0.2) is 4.98 Å². The summed E-state index contributed by atoms with van der Waals surface area (Å²) in [5.41, 5.74) is 2.94. The summed E-state index contributed by atoms with van der Waals surface area (Å²) in [7, 11) is 0. The quantitative estimate of drug-likeness (QED) is 0.513. The molecule has 2 aliphatic rings. The first-order valence-electron chi connectivity index (χ1n) is 10.9. The lowest BCUT2D eigenvalue weighted by Crippen LogP contribution is -2.55. The summed E-state index contributed by atoms with van der Waals surface area (Å²) in [5.74, 6) is 0.244. The average Bonchev–Trinajstić information content (AvgIpc) is 3.19. The summed E-state index contributed by atoms with van der Waals surface area (Å²) in [4.78, 5) is 21.3. The van der Waals surface area contributed by atoms with Crippen LogP contribution in [0.2, 0.25) is 0 Å². The van der Waals surface area contributed by atoms with Gasteiger partial charge in [0.2, 0.25) is 5.89 Å². The molecule has 0 radical (unpaired) electrons. The van der Waals surface area contributed by atoms with E-state index < -0.39 is 13.0 Å². The van der Waals surface area contributed by atoms with Crippen molar-refractivity contribution in [3.05, 3.63) is 41.5 Å². The third-order valence-electron chi connectivity index (χ3n) is 6.33. The summed E-state index contributed by atoms with van der Waals surface area (Å²) < 4.78 is 49.9. The zero-order valence-corrected chi connectivity index (χ0v) is 18.3. The number of halogens is 3. The Labute approximate surface area is 192 Å². The molecule has 2 fully saturated rings. The fourth-order valence-electron chi connectivity index (χ4n) is 4.80. The molecule has 9 nitrogen and oxygen atoms in total. The summed E-state index contributed by atoms with van der Waals surface area (Å²) >= 11 is 0. The van der Waals surface area contributed by atoms with Gasteiger partial charge in [0.25, 0.3) is 5.91 Å². The predicted octanol–water partition coefficient (Wildman–Crippen LogP) is 3.69. The van der Waals surface area contributed by atoms with E-state index in [-0.39, 0.29) is 36.0 Å². The van der Waals surface area contributed by atoms with Crippen LogP contribution in [0.25, 0.3) is 11.0 Å². The van der Waals surface area contributed by atoms with Gasteiger partial charge in [0.15, 0.2) is 0 Å². The van der Waals surface area contributed by atoms with Gasteiger partial charge in [-0.05, 0) is 55.7 Å². The average molecular weight is 477 g/mol. The van der Waals surface area contributed by atoms with Crippen molar-refractivity contribution in [1.29, 1.82) is 0 Å². The molecule has 2 saturated carbocycles. The van der Waals surface area contributed by atoms with Crippen LogP contribution in [0.1, 0.15) is 53.5 Å². The Morgan fingerprint density at radius 2 is 1.97 bits per heavy atom. The van der Waals surface area contributed by atoms with E-state index in [1.807, 2.05) is 25.1 Å². The number of benzene rings is 1. The molecule has 1 spiro atoms. The second-order valence-corrected chi connectivity index (χ2v) is 8.98. The number of ether oxygens (including phenoxy) is 2. The number of amides is 1. The molecule has 2 heterocycles. The highest BCUT2D eigenvalue weighted by Gasteiger charge is 2.55. The van der Waals surface area contributed by atoms with Crippen LogP contribution in [0.5, 0.6) is 6.08 Å². The zero-order valence-electron chi connectivity index (χ0n) is 18.3. The SMILES string of the molecule is Cc1ccc2nc(C(=O)NC3CC4(C3)CC(c3nnc(OCCOC(F)(F)F)o3)C4)cnc2c1. The molecule has 2 aromatic heterocycles. The smallest absolute Gasteiger partial charge is 0.447 e. The van der Waals surface area contributed by atoms with Crippen molar-refractivity contribution in [2.45, 2.75) is 50.9 Å². The minimum Gasteiger partial charge on any atom is -0.447 e. The van der Waals surface area contributed by atoms with E-state index in [9.17, 15) is 18.0 Å². The molecule has 0 saturated heterocycles.